The summed E-state index contributed by atoms with van der Waals surface area (Å²) in [6, 6.07) is 11.7. The number of carbonyl (C=O) groups excluding carboxylic acids is 1. The highest BCUT2D eigenvalue weighted by molar-refractivity contribution is 6.03. The van der Waals surface area contributed by atoms with E-state index in [-0.39, 0.29) is 11.4 Å². The van der Waals surface area contributed by atoms with Gasteiger partial charge in [0.05, 0.1) is 11.3 Å². The van der Waals surface area contributed by atoms with Crippen LogP contribution in [0.5, 0.6) is 0 Å². The van der Waals surface area contributed by atoms with Crippen molar-refractivity contribution in [2.75, 3.05) is 5.32 Å². The standard InChI is InChI=1S/C21H16F3N5O/c1-13-5-6-14(19-25-8-9-26-19)11-18(13)27-20(30)17-7-10-29(28-17)16-4-2-3-15(12-16)21(22,23)24/h2-12H,1H3,(H,25,26)(H,27,30). The molecule has 0 aliphatic heterocycles. The van der Waals surface area contributed by atoms with Crippen LogP contribution in [0.1, 0.15) is 21.6 Å². The second-order valence-electron chi connectivity index (χ2n) is 6.62. The van der Waals surface area contributed by atoms with Crippen molar-refractivity contribution in [3.05, 3.63) is 83.9 Å². The fraction of sp³-hybridized carbons (Fsp3) is 0.0952. The molecule has 6 nitrogen and oxygen atoms in total. The van der Waals surface area contributed by atoms with Gasteiger partial charge in [0.1, 0.15) is 5.82 Å². The van der Waals surface area contributed by atoms with Gasteiger partial charge in [-0.1, -0.05) is 18.2 Å². The number of anilines is 1. The number of carbonyl (C=O) groups is 1. The van der Waals surface area contributed by atoms with Crippen LogP contribution in [0.4, 0.5) is 18.9 Å². The number of H-pyrrole nitrogens is 1. The zero-order valence-electron chi connectivity index (χ0n) is 15.7. The number of halogens is 3. The van der Waals surface area contributed by atoms with Crippen LogP contribution in [0.15, 0.2) is 67.1 Å². The summed E-state index contributed by atoms with van der Waals surface area (Å²) in [6.07, 6.45) is 0.318. The second-order valence-corrected chi connectivity index (χ2v) is 6.62. The van der Waals surface area contributed by atoms with Crippen molar-refractivity contribution in [1.82, 2.24) is 19.7 Å². The molecule has 0 bridgehead atoms. The van der Waals surface area contributed by atoms with Crippen molar-refractivity contribution >= 4 is 11.6 Å². The molecule has 2 aromatic heterocycles. The van der Waals surface area contributed by atoms with Crippen LogP contribution in [-0.4, -0.2) is 25.7 Å². The fourth-order valence-electron chi connectivity index (χ4n) is 2.93. The van der Waals surface area contributed by atoms with Crippen LogP contribution in [0.2, 0.25) is 0 Å². The Labute approximate surface area is 169 Å². The van der Waals surface area contributed by atoms with Crippen LogP contribution >= 0.6 is 0 Å². The molecule has 1 amide bonds. The number of aromatic amines is 1. The van der Waals surface area contributed by atoms with Gasteiger partial charge >= 0.3 is 6.18 Å². The van der Waals surface area contributed by atoms with E-state index in [0.717, 1.165) is 23.3 Å². The van der Waals surface area contributed by atoms with Gasteiger partial charge in [-0.25, -0.2) is 9.67 Å². The average Bonchev–Trinajstić information content (AvgIpc) is 3.41. The maximum atomic E-state index is 12.9. The molecule has 0 saturated carbocycles. The first-order valence-corrected chi connectivity index (χ1v) is 8.96. The minimum Gasteiger partial charge on any atom is -0.345 e. The highest BCUT2D eigenvalue weighted by Gasteiger charge is 2.30. The molecule has 0 fully saturated rings. The third-order valence-electron chi connectivity index (χ3n) is 4.52. The Morgan fingerprint density at radius 2 is 1.97 bits per heavy atom. The van der Waals surface area contributed by atoms with E-state index in [1.807, 2.05) is 19.1 Å². The normalized spacial score (nSPS) is 11.5. The Morgan fingerprint density at radius 1 is 1.13 bits per heavy atom. The van der Waals surface area contributed by atoms with Gasteiger partial charge in [0.2, 0.25) is 0 Å². The van der Waals surface area contributed by atoms with Gasteiger partial charge in [-0.05, 0) is 42.8 Å². The highest BCUT2D eigenvalue weighted by atomic mass is 19.4. The number of amides is 1. The summed E-state index contributed by atoms with van der Waals surface area (Å²) in [5.41, 5.74) is 1.73. The molecular formula is C21H16F3N5O. The summed E-state index contributed by atoms with van der Waals surface area (Å²) in [4.78, 5) is 19.8. The number of rotatable bonds is 4. The molecule has 0 spiro atoms. The van der Waals surface area contributed by atoms with Crippen LogP contribution < -0.4 is 5.32 Å². The lowest BCUT2D eigenvalue weighted by Crippen LogP contribution is -2.14. The number of nitrogens with one attached hydrogen (secondary N) is 2. The lowest BCUT2D eigenvalue weighted by molar-refractivity contribution is -0.137. The van der Waals surface area contributed by atoms with E-state index >= 15 is 0 Å². The van der Waals surface area contributed by atoms with Gasteiger partial charge < -0.3 is 10.3 Å². The van der Waals surface area contributed by atoms with E-state index in [0.29, 0.717) is 11.5 Å². The molecule has 0 saturated heterocycles. The number of hydrogen-bond donors (Lipinski definition) is 2. The zero-order chi connectivity index (χ0) is 21.3. The van der Waals surface area contributed by atoms with Crippen molar-refractivity contribution < 1.29 is 18.0 Å². The fourth-order valence-corrected chi connectivity index (χ4v) is 2.93. The molecular weight excluding hydrogens is 395 g/mol. The molecule has 0 radical (unpaired) electrons. The molecule has 0 unspecified atom stereocenters. The minimum absolute atomic E-state index is 0.0789. The maximum absolute atomic E-state index is 12.9. The van der Waals surface area contributed by atoms with Gasteiger partial charge in [-0.15, -0.1) is 0 Å². The van der Waals surface area contributed by atoms with Gasteiger partial charge in [0, 0.05) is 29.8 Å². The van der Waals surface area contributed by atoms with Crippen molar-refractivity contribution in [2.24, 2.45) is 0 Å². The molecule has 2 N–H and O–H groups in total. The Morgan fingerprint density at radius 3 is 2.70 bits per heavy atom. The zero-order valence-corrected chi connectivity index (χ0v) is 15.7. The first-order valence-electron chi connectivity index (χ1n) is 8.96. The van der Waals surface area contributed by atoms with Gasteiger partial charge in [0.15, 0.2) is 5.69 Å². The SMILES string of the molecule is Cc1ccc(-c2ncc[nH]2)cc1NC(=O)c1ccn(-c2cccc(C(F)(F)F)c2)n1. The molecule has 9 heteroatoms. The van der Waals surface area contributed by atoms with E-state index in [1.54, 1.807) is 18.5 Å². The van der Waals surface area contributed by atoms with Gasteiger partial charge in [-0.3, -0.25) is 4.79 Å². The molecule has 4 rings (SSSR count). The van der Waals surface area contributed by atoms with E-state index in [2.05, 4.69) is 20.4 Å². The second kappa shape index (κ2) is 7.51. The van der Waals surface area contributed by atoms with Crippen LogP contribution in [0, 0.1) is 6.92 Å². The van der Waals surface area contributed by atoms with Gasteiger partial charge in [-0.2, -0.15) is 18.3 Å². The molecule has 4 aromatic rings. The van der Waals surface area contributed by atoms with E-state index in [4.69, 9.17) is 0 Å². The van der Waals surface area contributed by atoms with E-state index in [1.165, 1.54) is 29.1 Å². The van der Waals surface area contributed by atoms with E-state index in [9.17, 15) is 18.0 Å². The minimum atomic E-state index is -4.46. The molecule has 152 valence electrons. The van der Waals surface area contributed by atoms with Crippen molar-refractivity contribution in [2.45, 2.75) is 13.1 Å². The van der Waals surface area contributed by atoms with Gasteiger partial charge in [0.25, 0.3) is 5.91 Å². The summed E-state index contributed by atoms with van der Waals surface area (Å²) in [5.74, 6) is 0.194. The third-order valence-corrected chi connectivity index (χ3v) is 4.52. The summed E-state index contributed by atoms with van der Waals surface area (Å²) in [6.45, 7) is 1.85. The van der Waals surface area contributed by atoms with E-state index < -0.39 is 17.6 Å². The number of aryl methyl sites for hydroxylation is 1. The first-order chi connectivity index (χ1) is 14.3. The summed E-state index contributed by atoms with van der Waals surface area (Å²) >= 11 is 0. The lowest BCUT2D eigenvalue weighted by atomic mass is 10.1. The van der Waals surface area contributed by atoms with Crippen LogP contribution in [0.25, 0.3) is 17.1 Å². The Bertz CT molecular complexity index is 1200. The Balaban J connectivity index is 1.56. The van der Waals surface area contributed by atoms with Crippen molar-refractivity contribution in [3.63, 3.8) is 0 Å². The molecule has 0 aliphatic rings. The average molecular weight is 411 g/mol. The van der Waals surface area contributed by atoms with Crippen molar-refractivity contribution in [1.29, 1.82) is 0 Å². The number of imidazole rings is 1. The molecule has 0 aliphatic carbocycles. The summed E-state index contributed by atoms with van der Waals surface area (Å²) in [5, 5.41) is 6.91. The molecule has 2 heterocycles. The molecule has 0 atom stereocenters. The predicted octanol–water partition coefficient (Wildman–Crippen LogP) is 4.84. The van der Waals surface area contributed by atoms with Crippen molar-refractivity contribution in [3.8, 4) is 17.1 Å². The predicted molar refractivity (Wildman–Crippen MR) is 105 cm³/mol. The summed E-state index contributed by atoms with van der Waals surface area (Å²) in [7, 11) is 0. The largest absolute Gasteiger partial charge is 0.416 e. The monoisotopic (exact) mass is 411 g/mol. The topological polar surface area (TPSA) is 75.6 Å². The third kappa shape index (κ3) is 3.95. The Hall–Kier alpha value is -3.88. The van der Waals surface area contributed by atoms with Crippen LogP contribution in [-0.2, 0) is 6.18 Å². The lowest BCUT2D eigenvalue weighted by Gasteiger charge is -2.09. The number of aromatic nitrogens is 4. The quantitative estimate of drug-likeness (QED) is 0.505. The smallest absolute Gasteiger partial charge is 0.345 e. The molecule has 2 aromatic carbocycles. The first kappa shape index (κ1) is 19.4. The Kier molecular flexibility index (Phi) is 4.86. The number of nitrogens with zero attached hydrogens (tertiary/aromatic N) is 3. The molecule has 30 heavy (non-hydrogen) atoms. The number of hydrogen-bond acceptors (Lipinski definition) is 3. The summed E-state index contributed by atoms with van der Waals surface area (Å²) < 4.78 is 40.0. The highest BCUT2D eigenvalue weighted by Crippen LogP contribution is 2.30. The maximum Gasteiger partial charge on any atom is 0.416 e. The number of benzene rings is 2. The van der Waals surface area contributed by atoms with Crippen LogP contribution in [0.3, 0.4) is 0 Å². The number of alkyl halides is 3.